The number of benzene rings is 1. The molecule has 3 rings (SSSR count). The first-order valence-electron chi connectivity index (χ1n) is 7.62. The minimum absolute atomic E-state index is 0.0841. The van der Waals surface area contributed by atoms with Crippen molar-refractivity contribution in [1.29, 1.82) is 0 Å². The third-order valence-corrected chi connectivity index (χ3v) is 6.39. The lowest BCUT2D eigenvalue weighted by molar-refractivity contribution is -0.137. The second-order valence-corrected chi connectivity index (χ2v) is 7.36. The molecule has 1 N–H and O–H groups in total. The van der Waals surface area contributed by atoms with Crippen LogP contribution in [0.5, 0.6) is 11.5 Å². The van der Waals surface area contributed by atoms with Crippen LogP contribution in [-0.2, 0) is 9.59 Å². The number of fused-ring (bicyclic) bond motifs is 1. The average molecular weight is 382 g/mol. The highest BCUT2D eigenvalue weighted by Gasteiger charge is 2.72. The molecule has 1 heterocycles. The van der Waals surface area contributed by atoms with Gasteiger partial charge in [-0.1, -0.05) is 24.8 Å². The number of carbonyl (C=O) groups is 2. The summed E-state index contributed by atoms with van der Waals surface area (Å²) in [7, 11) is 2.80. The van der Waals surface area contributed by atoms with Gasteiger partial charge in [-0.3, -0.25) is 14.5 Å². The summed E-state index contributed by atoms with van der Waals surface area (Å²) in [5.74, 6) is -1.83. The average Bonchev–Trinajstić information content (AvgIpc) is 2.74. The number of imide groups is 1. The summed E-state index contributed by atoms with van der Waals surface area (Å²) in [6.45, 7) is 3.77. The van der Waals surface area contributed by atoms with E-state index in [9.17, 15) is 14.7 Å². The fourth-order valence-electron chi connectivity index (χ4n) is 3.69. The molecule has 2 aliphatic rings. The van der Waals surface area contributed by atoms with E-state index in [1.807, 2.05) is 0 Å². The van der Waals surface area contributed by atoms with Gasteiger partial charge in [-0.2, -0.15) is 0 Å². The monoisotopic (exact) mass is 381 g/mol. The molecule has 1 aromatic rings. The largest absolute Gasteiger partial charge is 0.508 e. The van der Waals surface area contributed by atoms with Crippen LogP contribution in [0.3, 0.4) is 0 Å². The van der Waals surface area contributed by atoms with Gasteiger partial charge < -0.3 is 9.84 Å². The van der Waals surface area contributed by atoms with Crippen molar-refractivity contribution in [2.75, 3.05) is 14.2 Å². The molecule has 0 radical (unpaired) electrons. The molecule has 1 saturated heterocycles. The van der Waals surface area contributed by atoms with E-state index in [1.165, 1.54) is 20.2 Å². The molecule has 25 heavy (non-hydrogen) atoms. The number of rotatable bonds is 3. The van der Waals surface area contributed by atoms with Crippen molar-refractivity contribution in [3.8, 4) is 11.5 Å². The van der Waals surface area contributed by atoms with E-state index in [0.717, 1.165) is 4.90 Å². The standard InChI is InChI=1S/C18H17Cl2NO4/c1-4-10-8-9-17(19)15(23)21(2)16(24)18(17,20)14(10)13-11(22)6-5-7-12(13)25-3/h4-8,14,22H,1,9H2,2-3H3. The fourth-order valence-corrected chi connectivity index (χ4v) is 4.60. The van der Waals surface area contributed by atoms with Crippen LogP contribution < -0.4 is 4.74 Å². The lowest BCUT2D eigenvalue weighted by Crippen LogP contribution is -2.55. The van der Waals surface area contributed by atoms with Crippen molar-refractivity contribution < 1.29 is 19.4 Å². The lowest BCUT2D eigenvalue weighted by Gasteiger charge is -2.42. The Morgan fingerprint density at radius 2 is 2.04 bits per heavy atom. The SMILES string of the molecule is C=CC1=CCC2(Cl)C(=O)N(C)C(=O)C2(Cl)C1c1c(O)cccc1OC. The van der Waals surface area contributed by atoms with Crippen LogP contribution in [0.1, 0.15) is 17.9 Å². The summed E-state index contributed by atoms with van der Waals surface area (Å²) >= 11 is 13.5. The van der Waals surface area contributed by atoms with Gasteiger partial charge in [0.1, 0.15) is 11.5 Å². The third-order valence-electron chi connectivity index (χ3n) is 4.97. The molecular formula is C18H17Cl2NO4. The molecule has 1 aliphatic carbocycles. The summed E-state index contributed by atoms with van der Waals surface area (Å²) in [6, 6.07) is 4.72. The predicted molar refractivity (Wildman–Crippen MR) is 95.2 cm³/mol. The number of phenols is 1. The number of ether oxygens (including phenoxy) is 1. The number of phenolic OH excluding ortho intramolecular Hbond substituents is 1. The van der Waals surface area contributed by atoms with Crippen molar-refractivity contribution in [3.63, 3.8) is 0 Å². The first-order chi connectivity index (χ1) is 11.7. The third kappa shape index (κ3) is 2.09. The molecule has 1 fully saturated rings. The number of amides is 2. The minimum Gasteiger partial charge on any atom is -0.508 e. The maximum atomic E-state index is 12.9. The van der Waals surface area contributed by atoms with Gasteiger partial charge in [0.2, 0.25) is 0 Å². The zero-order chi connectivity index (χ0) is 18.6. The molecule has 3 unspecified atom stereocenters. The van der Waals surface area contributed by atoms with Crippen LogP contribution in [0.15, 0.2) is 42.5 Å². The van der Waals surface area contributed by atoms with Gasteiger partial charge in [-0.05, 0) is 24.1 Å². The van der Waals surface area contributed by atoms with E-state index in [1.54, 1.807) is 24.3 Å². The van der Waals surface area contributed by atoms with Crippen LogP contribution in [0.4, 0.5) is 0 Å². The van der Waals surface area contributed by atoms with Crippen LogP contribution in [-0.4, -0.2) is 45.7 Å². The van der Waals surface area contributed by atoms with Crippen LogP contribution in [0.2, 0.25) is 0 Å². The van der Waals surface area contributed by atoms with Crippen LogP contribution in [0, 0.1) is 0 Å². The maximum Gasteiger partial charge on any atom is 0.253 e. The summed E-state index contributed by atoms with van der Waals surface area (Å²) in [4.78, 5) is 23.1. The number of hydrogen-bond acceptors (Lipinski definition) is 4. The summed E-state index contributed by atoms with van der Waals surface area (Å²) < 4.78 is 5.35. The number of allylic oxidation sites excluding steroid dienone is 3. The Labute approximate surface area is 155 Å². The van der Waals surface area contributed by atoms with E-state index < -0.39 is 27.5 Å². The zero-order valence-corrected chi connectivity index (χ0v) is 15.3. The van der Waals surface area contributed by atoms with Crippen LogP contribution in [0.25, 0.3) is 0 Å². The quantitative estimate of drug-likeness (QED) is 0.645. The highest BCUT2D eigenvalue weighted by Crippen LogP contribution is 2.60. The lowest BCUT2D eigenvalue weighted by atomic mass is 9.68. The molecule has 0 aromatic heterocycles. The number of likely N-dealkylation sites (tertiary alicyclic amines) is 1. The van der Waals surface area contributed by atoms with Crippen molar-refractivity contribution in [2.45, 2.75) is 22.1 Å². The van der Waals surface area contributed by atoms with Crippen molar-refractivity contribution in [2.24, 2.45) is 0 Å². The number of carbonyl (C=O) groups excluding carboxylic acids is 2. The van der Waals surface area contributed by atoms with Gasteiger partial charge in [-0.15, -0.1) is 23.2 Å². The van der Waals surface area contributed by atoms with E-state index in [0.29, 0.717) is 16.9 Å². The maximum absolute atomic E-state index is 12.9. The highest BCUT2D eigenvalue weighted by atomic mass is 35.5. The topological polar surface area (TPSA) is 66.8 Å². The van der Waals surface area contributed by atoms with E-state index in [2.05, 4.69) is 6.58 Å². The Hall–Kier alpha value is -1.98. The molecule has 0 saturated carbocycles. The van der Waals surface area contributed by atoms with E-state index >= 15 is 0 Å². The molecule has 0 spiro atoms. The molecular weight excluding hydrogens is 365 g/mol. The zero-order valence-electron chi connectivity index (χ0n) is 13.8. The number of hydrogen-bond donors (Lipinski definition) is 1. The number of halogens is 2. The normalized spacial score (nSPS) is 31.6. The van der Waals surface area contributed by atoms with Crippen molar-refractivity contribution >= 4 is 35.0 Å². The Bertz CT molecular complexity index is 821. The first-order valence-corrected chi connectivity index (χ1v) is 8.38. The molecule has 3 atom stereocenters. The van der Waals surface area contributed by atoms with E-state index in [-0.39, 0.29) is 12.2 Å². The first kappa shape index (κ1) is 17.8. The fraction of sp³-hybridized carbons (Fsp3) is 0.333. The van der Waals surface area contributed by atoms with E-state index in [4.69, 9.17) is 27.9 Å². The molecule has 1 aromatic carbocycles. The number of nitrogens with zero attached hydrogens (tertiary/aromatic N) is 1. The summed E-state index contributed by atoms with van der Waals surface area (Å²) in [5, 5.41) is 10.5. The van der Waals surface area contributed by atoms with Crippen molar-refractivity contribution in [3.05, 3.63) is 48.1 Å². The van der Waals surface area contributed by atoms with Gasteiger partial charge >= 0.3 is 0 Å². The minimum atomic E-state index is -1.80. The van der Waals surface area contributed by atoms with Gasteiger partial charge in [0.05, 0.1) is 7.11 Å². The predicted octanol–water partition coefficient (Wildman–Crippen LogP) is 2.95. The van der Waals surface area contributed by atoms with Gasteiger partial charge in [-0.25, -0.2) is 0 Å². The number of alkyl halides is 2. The van der Waals surface area contributed by atoms with Crippen LogP contribution >= 0.6 is 23.2 Å². The Morgan fingerprint density at radius 1 is 1.36 bits per heavy atom. The smallest absolute Gasteiger partial charge is 0.253 e. The number of aromatic hydroxyl groups is 1. The molecule has 2 amide bonds. The van der Waals surface area contributed by atoms with Gasteiger partial charge in [0, 0.05) is 18.5 Å². The Kier molecular flexibility index (Phi) is 4.12. The molecule has 7 heteroatoms. The Balaban J connectivity index is 2.36. The second kappa shape index (κ2) is 5.78. The van der Waals surface area contributed by atoms with Gasteiger partial charge in [0.25, 0.3) is 11.8 Å². The molecule has 5 nitrogen and oxygen atoms in total. The molecule has 132 valence electrons. The summed E-state index contributed by atoms with van der Waals surface area (Å²) in [5.41, 5.74) is 0.898. The Morgan fingerprint density at radius 3 is 2.64 bits per heavy atom. The van der Waals surface area contributed by atoms with Gasteiger partial charge in [0.15, 0.2) is 9.75 Å². The van der Waals surface area contributed by atoms with Crippen molar-refractivity contribution in [1.82, 2.24) is 4.90 Å². The number of methoxy groups -OCH3 is 1. The highest BCUT2D eigenvalue weighted by molar-refractivity contribution is 6.53. The molecule has 0 bridgehead atoms. The second-order valence-electron chi connectivity index (χ2n) is 6.12. The molecule has 1 aliphatic heterocycles. The summed E-state index contributed by atoms with van der Waals surface area (Å²) in [6.07, 6.45) is 3.36.